The fraction of sp³-hybridized carbons (Fsp3) is 0.824. The van der Waals surface area contributed by atoms with Gasteiger partial charge >= 0.3 is 0 Å². The van der Waals surface area contributed by atoms with Crippen LogP contribution < -0.4 is 16.4 Å². The van der Waals surface area contributed by atoms with Gasteiger partial charge in [-0.2, -0.15) is 0 Å². The molecule has 0 radical (unpaired) electrons. The number of aliphatic hydroxyl groups is 5. The van der Waals surface area contributed by atoms with Crippen molar-refractivity contribution in [2.45, 2.75) is 69.5 Å². The lowest BCUT2D eigenvalue weighted by Gasteiger charge is -2.45. The monoisotopic (exact) mass is 421 g/mol. The highest BCUT2D eigenvalue weighted by molar-refractivity contribution is 5.83. The lowest BCUT2D eigenvalue weighted by atomic mass is 9.85. The van der Waals surface area contributed by atoms with Crippen molar-refractivity contribution in [2.75, 3.05) is 13.2 Å². The Labute approximate surface area is 168 Å². The van der Waals surface area contributed by atoms with Crippen molar-refractivity contribution in [1.29, 1.82) is 0 Å². The fourth-order valence-electron chi connectivity index (χ4n) is 2.89. The second kappa shape index (κ2) is 9.89. The molecule has 12 nitrogen and oxygen atoms in total. The second-order valence-corrected chi connectivity index (χ2v) is 7.94. The summed E-state index contributed by atoms with van der Waals surface area (Å²) in [4.78, 5) is 34.9. The molecule has 29 heavy (non-hydrogen) atoms. The first-order valence-electron chi connectivity index (χ1n) is 9.10. The summed E-state index contributed by atoms with van der Waals surface area (Å²) in [5.41, 5.74) is 4.81. The molecular formula is C17H31N3O9. The summed E-state index contributed by atoms with van der Waals surface area (Å²) in [7, 11) is 0. The van der Waals surface area contributed by atoms with Gasteiger partial charge in [0.15, 0.2) is 0 Å². The van der Waals surface area contributed by atoms with E-state index in [0.717, 1.165) is 6.92 Å². The highest BCUT2D eigenvalue weighted by atomic mass is 16.6. The Bertz CT molecular complexity index is 603. The number of amides is 2. The maximum absolute atomic E-state index is 12.6. The maximum atomic E-state index is 12.6. The van der Waals surface area contributed by atoms with Crippen molar-refractivity contribution in [3.8, 4) is 0 Å². The quantitative estimate of drug-likeness (QED) is 0.168. The first-order chi connectivity index (χ1) is 13.3. The van der Waals surface area contributed by atoms with Gasteiger partial charge in [-0.1, -0.05) is 13.8 Å². The minimum absolute atomic E-state index is 0.116. The Hall–Kier alpha value is -1.67. The van der Waals surface area contributed by atoms with Crippen molar-refractivity contribution in [2.24, 2.45) is 11.1 Å². The molecule has 0 bridgehead atoms. The lowest BCUT2D eigenvalue weighted by molar-refractivity contribution is -0.287. The minimum Gasteiger partial charge on any atom is -0.394 e. The standard InChI is InChI=1S/C17H31N3O9/c1-8(23)20-12-9(24)4-17(28,29-14(12)13(26)10(25)5-21)15(27)19-7-16(2,3)11(18)6-22/h6,9-14,21,24-26,28H,4-5,7,18H2,1-3H3,(H,19,27)(H,20,23). The average molecular weight is 421 g/mol. The molecule has 1 rings (SSSR count). The van der Waals surface area contributed by atoms with Crippen LogP contribution in [0.15, 0.2) is 0 Å². The molecule has 0 spiro atoms. The van der Waals surface area contributed by atoms with Crippen molar-refractivity contribution < 1.29 is 44.7 Å². The van der Waals surface area contributed by atoms with E-state index in [9.17, 15) is 34.8 Å². The van der Waals surface area contributed by atoms with Crippen LogP contribution in [0.4, 0.5) is 0 Å². The number of nitrogens with one attached hydrogen (secondary N) is 2. The normalized spacial score (nSPS) is 30.7. The summed E-state index contributed by atoms with van der Waals surface area (Å²) in [6.07, 6.45) is -6.85. The molecule has 7 unspecified atom stereocenters. The first kappa shape index (κ1) is 25.4. The Morgan fingerprint density at radius 2 is 1.97 bits per heavy atom. The van der Waals surface area contributed by atoms with Crippen molar-refractivity contribution >= 4 is 18.1 Å². The van der Waals surface area contributed by atoms with Gasteiger partial charge in [0.2, 0.25) is 11.7 Å². The lowest BCUT2D eigenvalue weighted by Crippen LogP contribution is -2.68. The molecule has 12 heteroatoms. The van der Waals surface area contributed by atoms with E-state index in [1.807, 2.05) is 0 Å². The van der Waals surface area contributed by atoms with Crippen LogP contribution in [0.25, 0.3) is 0 Å². The Morgan fingerprint density at radius 1 is 1.38 bits per heavy atom. The molecule has 0 aliphatic carbocycles. The number of rotatable bonds is 9. The number of carbonyl (C=O) groups excluding carboxylic acids is 3. The molecule has 0 aromatic rings. The Morgan fingerprint density at radius 3 is 2.45 bits per heavy atom. The molecule has 1 saturated heterocycles. The third-order valence-electron chi connectivity index (χ3n) is 4.98. The van der Waals surface area contributed by atoms with Crippen molar-refractivity contribution in [3.05, 3.63) is 0 Å². The topological polar surface area (TPSA) is 212 Å². The summed E-state index contributed by atoms with van der Waals surface area (Å²) in [6, 6.07) is -2.16. The van der Waals surface area contributed by atoms with E-state index in [1.165, 1.54) is 0 Å². The van der Waals surface area contributed by atoms with E-state index in [4.69, 9.17) is 15.6 Å². The van der Waals surface area contributed by atoms with Gasteiger partial charge in [-0.3, -0.25) is 9.59 Å². The number of carbonyl (C=O) groups is 3. The maximum Gasteiger partial charge on any atom is 0.280 e. The number of aldehydes is 1. The van der Waals surface area contributed by atoms with Gasteiger partial charge < -0.3 is 51.4 Å². The summed E-state index contributed by atoms with van der Waals surface area (Å²) < 4.78 is 5.30. The third kappa shape index (κ3) is 6.15. The number of aliphatic hydroxyl groups excluding tert-OH is 4. The van der Waals surface area contributed by atoms with Gasteiger partial charge in [-0.25, -0.2) is 0 Å². The number of nitrogens with two attached hydrogens (primary N) is 1. The summed E-state index contributed by atoms with van der Waals surface area (Å²) in [5.74, 6) is -4.27. The van der Waals surface area contributed by atoms with E-state index >= 15 is 0 Å². The highest BCUT2D eigenvalue weighted by Crippen LogP contribution is 2.31. The third-order valence-corrected chi connectivity index (χ3v) is 4.98. The van der Waals surface area contributed by atoms with Gasteiger partial charge in [0.1, 0.15) is 24.6 Å². The van der Waals surface area contributed by atoms with Crippen molar-refractivity contribution in [1.82, 2.24) is 10.6 Å². The Kier molecular flexibility index (Phi) is 8.65. The van der Waals surface area contributed by atoms with Crippen LogP contribution in [0.3, 0.4) is 0 Å². The predicted octanol–water partition coefficient (Wildman–Crippen LogP) is -4.29. The largest absolute Gasteiger partial charge is 0.394 e. The van der Waals surface area contributed by atoms with Crippen LogP contribution in [0, 0.1) is 5.41 Å². The highest BCUT2D eigenvalue weighted by Gasteiger charge is 2.53. The van der Waals surface area contributed by atoms with Crippen LogP contribution in [-0.2, 0) is 19.1 Å². The summed E-state index contributed by atoms with van der Waals surface area (Å²) in [5, 5.41) is 54.8. The summed E-state index contributed by atoms with van der Waals surface area (Å²) >= 11 is 0. The van der Waals surface area contributed by atoms with Gasteiger partial charge in [-0.15, -0.1) is 0 Å². The fourth-order valence-corrected chi connectivity index (χ4v) is 2.89. The molecular weight excluding hydrogens is 390 g/mol. The van der Waals surface area contributed by atoms with Crippen LogP contribution >= 0.6 is 0 Å². The van der Waals surface area contributed by atoms with Crippen LogP contribution in [0.1, 0.15) is 27.2 Å². The smallest absolute Gasteiger partial charge is 0.280 e. The molecule has 1 aliphatic heterocycles. The molecule has 2 amide bonds. The van der Waals surface area contributed by atoms with E-state index < -0.39 is 72.5 Å². The van der Waals surface area contributed by atoms with E-state index in [2.05, 4.69) is 10.6 Å². The van der Waals surface area contributed by atoms with E-state index in [1.54, 1.807) is 13.8 Å². The van der Waals surface area contributed by atoms with Crippen LogP contribution in [-0.4, -0.2) is 99.1 Å². The molecule has 7 atom stereocenters. The van der Waals surface area contributed by atoms with Crippen molar-refractivity contribution in [3.63, 3.8) is 0 Å². The van der Waals surface area contributed by atoms with Crippen LogP contribution in [0.2, 0.25) is 0 Å². The van der Waals surface area contributed by atoms with Gasteiger partial charge in [0.05, 0.1) is 24.8 Å². The SMILES string of the molecule is CC(=O)NC1C(O)CC(O)(C(=O)NCC(C)(C)C(N)C=O)OC1C(O)C(O)CO. The zero-order valence-corrected chi connectivity index (χ0v) is 16.6. The van der Waals surface area contributed by atoms with Gasteiger partial charge in [0.25, 0.3) is 5.91 Å². The molecule has 1 fully saturated rings. The van der Waals surface area contributed by atoms with Gasteiger partial charge in [-0.05, 0) is 0 Å². The molecule has 0 aromatic carbocycles. The molecule has 168 valence electrons. The molecule has 9 N–H and O–H groups in total. The Balaban J connectivity index is 3.04. The van der Waals surface area contributed by atoms with Crippen LogP contribution in [0.5, 0.6) is 0 Å². The number of hydrogen-bond donors (Lipinski definition) is 8. The second-order valence-electron chi connectivity index (χ2n) is 7.94. The predicted molar refractivity (Wildman–Crippen MR) is 98.0 cm³/mol. The number of hydrogen-bond acceptors (Lipinski definition) is 10. The average Bonchev–Trinajstić information content (AvgIpc) is 2.65. The summed E-state index contributed by atoms with van der Waals surface area (Å²) in [6.45, 7) is 3.39. The zero-order chi connectivity index (χ0) is 22.6. The zero-order valence-electron chi connectivity index (χ0n) is 16.6. The molecule has 0 saturated carbocycles. The first-order valence-corrected chi connectivity index (χ1v) is 9.10. The van der Waals surface area contributed by atoms with E-state index in [-0.39, 0.29) is 6.54 Å². The molecule has 1 heterocycles. The molecule has 0 aromatic heterocycles. The van der Waals surface area contributed by atoms with Gasteiger partial charge in [0, 0.05) is 25.3 Å². The molecule has 1 aliphatic rings. The minimum atomic E-state index is -2.61. The van der Waals surface area contributed by atoms with E-state index in [0.29, 0.717) is 6.29 Å². The number of ether oxygens (including phenoxy) is 1.